The fourth-order valence-corrected chi connectivity index (χ4v) is 3.59. The molecule has 29 heavy (non-hydrogen) atoms. The van der Waals surface area contributed by atoms with Gasteiger partial charge < -0.3 is 25.8 Å². The van der Waals surface area contributed by atoms with Crippen LogP contribution in [0, 0.1) is 5.92 Å². The predicted octanol–water partition coefficient (Wildman–Crippen LogP) is -0.103. The van der Waals surface area contributed by atoms with Crippen molar-refractivity contribution in [1.82, 2.24) is 15.5 Å². The van der Waals surface area contributed by atoms with E-state index in [-0.39, 0.29) is 37.3 Å². The molecular weight excluding hydrogens is 380 g/mol. The molecule has 0 unspecified atom stereocenters. The normalized spacial score (nSPS) is 25.4. The van der Waals surface area contributed by atoms with Crippen molar-refractivity contribution >= 4 is 23.8 Å². The highest BCUT2D eigenvalue weighted by Crippen LogP contribution is 2.24. The van der Waals surface area contributed by atoms with E-state index in [1.54, 1.807) is 20.8 Å². The number of hydrogen-bond acceptors (Lipinski definition) is 6. The van der Waals surface area contributed by atoms with Gasteiger partial charge in [-0.05, 0) is 40.5 Å². The third-order valence-electron chi connectivity index (χ3n) is 4.94. The second-order valence-corrected chi connectivity index (χ2v) is 8.44. The fraction of sp³-hybridized carbons (Fsp3) is 0.789. The summed E-state index contributed by atoms with van der Waals surface area (Å²) in [6.07, 6.45) is 0.0646. The first-order valence-corrected chi connectivity index (χ1v) is 10.0. The number of ether oxygens (including phenoxy) is 2. The van der Waals surface area contributed by atoms with E-state index in [1.807, 2.05) is 6.92 Å². The molecule has 2 fully saturated rings. The molecule has 0 aliphatic carbocycles. The summed E-state index contributed by atoms with van der Waals surface area (Å²) in [6, 6.07) is -1.84. The third kappa shape index (κ3) is 6.31. The number of hydrogen-bond donors (Lipinski definition) is 3. The lowest BCUT2D eigenvalue weighted by Gasteiger charge is -2.28. The van der Waals surface area contributed by atoms with Gasteiger partial charge in [0.05, 0.1) is 12.6 Å². The Morgan fingerprint density at radius 3 is 2.55 bits per heavy atom. The van der Waals surface area contributed by atoms with Crippen molar-refractivity contribution in [1.29, 1.82) is 0 Å². The number of nitrogens with zero attached hydrogens (tertiary/aromatic N) is 1. The van der Waals surface area contributed by atoms with Gasteiger partial charge in [-0.1, -0.05) is 0 Å². The van der Waals surface area contributed by atoms with Crippen molar-refractivity contribution in [2.75, 3.05) is 19.7 Å². The lowest BCUT2D eigenvalue weighted by Crippen LogP contribution is -2.53. The Bertz CT molecular complexity index is 647. The second-order valence-electron chi connectivity index (χ2n) is 8.44. The van der Waals surface area contributed by atoms with Gasteiger partial charge in [-0.25, -0.2) is 4.79 Å². The maximum atomic E-state index is 12.9. The molecule has 4 N–H and O–H groups in total. The van der Waals surface area contributed by atoms with Crippen molar-refractivity contribution in [2.45, 2.75) is 70.7 Å². The zero-order valence-corrected chi connectivity index (χ0v) is 17.5. The second kappa shape index (κ2) is 9.43. The van der Waals surface area contributed by atoms with Gasteiger partial charge in [0.25, 0.3) is 0 Å². The smallest absolute Gasteiger partial charge is 0.411 e. The number of carbonyl (C=O) groups excluding carboxylic acids is 4. The van der Waals surface area contributed by atoms with Gasteiger partial charge in [0, 0.05) is 25.5 Å². The van der Waals surface area contributed by atoms with E-state index in [0.717, 1.165) is 0 Å². The standard InChI is InChI=1S/C19H32N4O6/c1-5-28-12-9-14(23(10-12)18(27)29-19(2,3)4)17(26)22-13(15(20)24)8-11-6-7-21-16(11)25/h11-14H,5-10H2,1-4H3,(H2,20,24)(H,21,25)(H,22,26)/t11-,12+,13-,14-/m0/s1. The first-order chi connectivity index (χ1) is 13.5. The van der Waals surface area contributed by atoms with E-state index < -0.39 is 35.6 Å². The van der Waals surface area contributed by atoms with Crippen LogP contribution in [0.2, 0.25) is 0 Å². The highest BCUT2D eigenvalue weighted by atomic mass is 16.6. The van der Waals surface area contributed by atoms with E-state index in [1.165, 1.54) is 4.90 Å². The summed E-state index contributed by atoms with van der Waals surface area (Å²) in [5.74, 6) is -1.77. The highest BCUT2D eigenvalue weighted by molar-refractivity contribution is 5.91. The molecule has 0 aromatic rings. The molecule has 0 aromatic heterocycles. The van der Waals surface area contributed by atoms with Crippen molar-refractivity contribution in [3.63, 3.8) is 0 Å². The van der Waals surface area contributed by atoms with Gasteiger partial charge in [-0.15, -0.1) is 0 Å². The summed E-state index contributed by atoms with van der Waals surface area (Å²) in [7, 11) is 0. The summed E-state index contributed by atoms with van der Waals surface area (Å²) in [5.41, 5.74) is 4.73. The van der Waals surface area contributed by atoms with Crippen LogP contribution in [-0.2, 0) is 23.9 Å². The van der Waals surface area contributed by atoms with Gasteiger partial charge in [0.1, 0.15) is 17.7 Å². The summed E-state index contributed by atoms with van der Waals surface area (Å²) in [4.78, 5) is 50.5. The minimum absolute atomic E-state index is 0.126. The molecule has 4 atom stereocenters. The van der Waals surface area contributed by atoms with Crippen molar-refractivity contribution < 1.29 is 28.7 Å². The fourth-order valence-electron chi connectivity index (χ4n) is 3.59. The summed E-state index contributed by atoms with van der Waals surface area (Å²) >= 11 is 0. The molecule has 2 aliphatic rings. The molecule has 0 aromatic carbocycles. The van der Waals surface area contributed by atoms with Crippen LogP contribution >= 0.6 is 0 Å². The van der Waals surface area contributed by atoms with E-state index in [4.69, 9.17) is 15.2 Å². The molecular formula is C19H32N4O6. The molecule has 2 saturated heterocycles. The molecule has 10 heteroatoms. The average Bonchev–Trinajstić information content (AvgIpc) is 3.19. The summed E-state index contributed by atoms with van der Waals surface area (Å²) in [6.45, 7) is 8.26. The maximum Gasteiger partial charge on any atom is 0.411 e. The molecule has 2 heterocycles. The number of rotatable bonds is 7. The predicted molar refractivity (Wildman–Crippen MR) is 104 cm³/mol. The van der Waals surface area contributed by atoms with E-state index in [9.17, 15) is 19.2 Å². The first kappa shape index (κ1) is 22.9. The zero-order valence-electron chi connectivity index (χ0n) is 17.5. The third-order valence-corrected chi connectivity index (χ3v) is 4.94. The summed E-state index contributed by atoms with van der Waals surface area (Å²) in [5, 5.41) is 5.31. The van der Waals surface area contributed by atoms with Gasteiger partial charge in [-0.2, -0.15) is 0 Å². The molecule has 4 amide bonds. The molecule has 0 bridgehead atoms. The number of nitrogens with one attached hydrogen (secondary N) is 2. The zero-order chi connectivity index (χ0) is 21.8. The van der Waals surface area contributed by atoms with E-state index in [2.05, 4.69) is 10.6 Å². The lowest BCUT2D eigenvalue weighted by molar-refractivity contribution is -0.131. The minimum atomic E-state index is -0.997. The average molecular weight is 412 g/mol. The topological polar surface area (TPSA) is 140 Å². The quantitative estimate of drug-likeness (QED) is 0.533. The monoisotopic (exact) mass is 412 g/mol. The van der Waals surface area contributed by atoms with Gasteiger partial charge in [-0.3, -0.25) is 19.3 Å². The Balaban J connectivity index is 2.09. The van der Waals surface area contributed by atoms with Crippen LogP contribution < -0.4 is 16.4 Å². The Kier molecular flexibility index (Phi) is 7.45. The molecule has 164 valence electrons. The van der Waals surface area contributed by atoms with Crippen LogP contribution in [-0.4, -0.2) is 72.2 Å². The van der Waals surface area contributed by atoms with Crippen LogP contribution in [0.1, 0.15) is 47.0 Å². The summed E-state index contributed by atoms with van der Waals surface area (Å²) < 4.78 is 11.0. The minimum Gasteiger partial charge on any atom is -0.444 e. The Hall–Kier alpha value is -2.36. The number of carbonyl (C=O) groups is 4. The lowest BCUT2D eigenvalue weighted by atomic mass is 9.97. The molecule has 0 radical (unpaired) electrons. The number of likely N-dealkylation sites (tertiary alicyclic amines) is 1. The van der Waals surface area contributed by atoms with Crippen LogP contribution in [0.3, 0.4) is 0 Å². The van der Waals surface area contributed by atoms with Gasteiger partial charge in [0.2, 0.25) is 17.7 Å². The Morgan fingerprint density at radius 2 is 2.03 bits per heavy atom. The van der Waals surface area contributed by atoms with E-state index in [0.29, 0.717) is 19.6 Å². The van der Waals surface area contributed by atoms with Crippen LogP contribution in [0.25, 0.3) is 0 Å². The first-order valence-electron chi connectivity index (χ1n) is 10.0. The number of primary amides is 1. The number of amides is 4. The van der Waals surface area contributed by atoms with Gasteiger partial charge >= 0.3 is 6.09 Å². The van der Waals surface area contributed by atoms with Crippen LogP contribution in [0.15, 0.2) is 0 Å². The van der Waals surface area contributed by atoms with Crippen molar-refractivity contribution in [3.8, 4) is 0 Å². The van der Waals surface area contributed by atoms with Crippen molar-refractivity contribution in [2.24, 2.45) is 11.7 Å². The molecule has 2 rings (SSSR count). The Morgan fingerprint density at radius 1 is 1.34 bits per heavy atom. The highest BCUT2D eigenvalue weighted by Gasteiger charge is 2.43. The Labute approximate surface area is 170 Å². The van der Waals surface area contributed by atoms with Crippen LogP contribution in [0.5, 0.6) is 0 Å². The number of nitrogens with two attached hydrogens (primary N) is 1. The van der Waals surface area contributed by atoms with Gasteiger partial charge in [0.15, 0.2) is 0 Å². The van der Waals surface area contributed by atoms with Crippen molar-refractivity contribution in [3.05, 3.63) is 0 Å². The molecule has 10 nitrogen and oxygen atoms in total. The molecule has 2 aliphatic heterocycles. The van der Waals surface area contributed by atoms with Crippen LogP contribution in [0.4, 0.5) is 4.79 Å². The largest absolute Gasteiger partial charge is 0.444 e. The van der Waals surface area contributed by atoms with E-state index >= 15 is 0 Å². The maximum absolute atomic E-state index is 12.9. The molecule has 0 spiro atoms. The molecule has 0 saturated carbocycles. The SMILES string of the molecule is CCO[C@@H]1C[C@@H](C(=O)N[C@@H](C[C@@H]2CCNC2=O)C(N)=O)N(C(=O)OC(C)(C)C)C1.